The number of hydrogen-bond acceptors (Lipinski definition) is 7. The number of esters is 1. The molecule has 0 bridgehead atoms. The third-order valence-corrected chi connectivity index (χ3v) is 4.68. The van der Waals surface area contributed by atoms with E-state index in [2.05, 4.69) is 11.1 Å². The SMILES string of the molecule is COC(=O)c1ccc2c(=O)n(Cc3ccco3)c(S[C@H](C)C#N)nc2c1. The maximum absolute atomic E-state index is 13.0. The van der Waals surface area contributed by atoms with Crippen LogP contribution in [0.2, 0.25) is 0 Å². The molecule has 2 aromatic heterocycles. The maximum atomic E-state index is 13.0. The Balaban J connectivity index is 2.18. The molecule has 0 aliphatic rings. The quantitative estimate of drug-likeness (QED) is 0.387. The van der Waals surface area contributed by atoms with Crippen LogP contribution >= 0.6 is 11.8 Å². The number of hydrogen-bond donors (Lipinski definition) is 0. The van der Waals surface area contributed by atoms with Crippen molar-refractivity contribution in [1.82, 2.24) is 9.55 Å². The van der Waals surface area contributed by atoms with Crippen LogP contribution < -0.4 is 5.56 Å². The summed E-state index contributed by atoms with van der Waals surface area (Å²) in [6.07, 6.45) is 1.53. The fraction of sp³-hybridized carbons (Fsp3) is 0.222. The van der Waals surface area contributed by atoms with Crippen molar-refractivity contribution in [2.75, 3.05) is 7.11 Å². The summed E-state index contributed by atoms with van der Waals surface area (Å²) >= 11 is 1.17. The summed E-state index contributed by atoms with van der Waals surface area (Å²) in [4.78, 5) is 29.2. The summed E-state index contributed by atoms with van der Waals surface area (Å²) < 4.78 is 11.5. The van der Waals surface area contributed by atoms with Gasteiger partial charge in [-0.05, 0) is 37.3 Å². The molecule has 3 aromatic rings. The molecule has 1 aromatic carbocycles. The molecule has 0 radical (unpaired) electrons. The Hall–Kier alpha value is -3.05. The fourth-order valence-electron chi connectivity index (χ4n) is 2.42. The van der Waals surface area contributed by atoms with Crippen LogP contribution in [0.4, 0.5) is 0 Å². The molecule has 7 nitrogen and oxygen atoms in total. The number of aromatic nitrogens is 2. The van der Waals surface area contributed by atoms with Crippen molar-refractivity contribution >= 4 is 28.6 Å². The lowest BCUT2D eigenvalue weighted by Gasteiger charge is -2.13. The maximum Gasteiger partial charge on any atom is 0.337 e. The zero-order chi connectivity index (χ0) is 18.7. The van der Waals surface area contributed by atoms with E-state index in [1.165, 1.54) is 41.8 Å². The predicted molar refractivity (Wildman–Crippen MR) is 96.1 cm³/mol. The Morgan fingerprint density at radius 2 is 2.27 bits per heavy atom. The zero-order valence-corrected chi connectivity index (χ0v) is 14.9. The summed E-state index contributed by atoms with van der Waals surface area (Å²) in [6.45, 7) is 1.93. The van der Waals surface area contributed by atoms with E-state index in [0.717, 1.165) is 0 Å². The van der Waals surface area contributed by atoms with Gasteiger partial charge in [0.15, 0.2) is 5.16 Å². The van der Waals surface area contributed by atoms with Crippen molar-refractivity contribution in [2.24, 2.45) is 0 Å². The first-order valence-electron chi connectivity index (χ1n) is 7.75. The van der Waals surface area contributed by atoms with Gasteiger partial charge in [-0.1, -0.05) is 11.8 Å². The molecular formula is C18H15N3O4S. The van der Waals surface area contributed by atoms with E-state index in [1.807, 2.05) is 0 Å². The monoisotopic (exact) mass is 369 g/mol. The normalized spacial score (nSPS) is 11.9. The Labute approximate surface area is 153 Å². The lowest BCUT2D eigenvalue weighted by atomic mass is 10.1. The molecular weight excluding hydrogens is 354 g/mol. The van der Waals surface area contributed by atoms with Crippen molar-refractivity contribution in [3.05, 3.63) is 58.3 Å². The first-order valence-corrected chi connectivity index (χ1v) is 8.63. The second kappa shape index (κ2) is 7.45. The largest absolute Gasteiger partial charge is 0.467 e. The van der Waals surface area contributed by atoms with E-state index in [9.17, 15) is 9.59 Å². The second-order valence-corrected chi connectivity index (χ2v) is 6.79. The molecule has 0 amide bonds. The average Bonchev–Trinajstić information content (AvgIpc) is 3.16. The molecule has 0 unspecified atom stereocenters. The number of rotatable bonds is 5. The van der Waals surface area contributed by atoms with Gasteiger partial charge < -0.3 is 9.15 Å². The number of nitrogens with zero attached hydrogens (tertiary/aromatic N) is 3. The van der Waals surface area contributed by atoms with Crippen LogP contribution in [0.25, 0.3) is 10.9 Å². The number of carbonyl (C=O) groups is 1. The number of benzene rings is 1. The molecule has 0 spiro atoms. The number of fused-ring (bicyclic) bond motifs is 1. The molecule has 0 aliphatic heterocycles. The standard InChI is InChI=1S/C18H15N3O4S/c1-11(9-19)26-18-20-15-8-12(17(23)24-2)5-6-14(15)16(22)21(18)10-13-4-3-7-25-13/h3-8,11H,10H2,1-2H3/t11-/m1/s1. The van der Waals surface area contributed by atoms with Gasteiger partial charge in [-0.15, -0.1) is 0 Å². The van der Waals surface area contributed by atoms with Gasteiger partial charge in [-0.3, -0.25) is 9.36 Å². The first-order chi connectivity index (χ1) is 12.5. The van der Waals surface area contributed by atoms with Crippen molar-refractivity contribution < 1.29 is 13.9 Å². The van der Waals surface area contributed by atoms with Crippen LogP contribution in [0.15, 0.2) is 51.0 Å². The molecule has 132 valence electrons. The van der Waals surface area contributed by atoms with Gasteiger partial charge in [0, 0.05) is 0 Å². The molecule has 0 saturated carbocycles. The van der Waals surface area contributed by atoms with Gasteiger partial charge in [0.2, 0.25) is 0 Å². The molecule has 1 atom stereocenters. The smallest absolute Gasteiger partial charge is 0.337 e. The fourth-order valence-corrected chi connectivity index (χ4v) is 3.21. The number of ether oxygens (including phenoxy) is 1. The van der Waals surface area contributed by atoms with Crippen molar-refractivity contribution in [2.45, 2.75) is 23.9 Å². The molecule has 26 heavy (non-hydrogen) atoms. The van der Waals surface area contributed by atoms with Crippen molar-refractivity contribution in [3.63, 3.8) is 0 Å². The minimum Gasteiger partial charge on any atom is -0.467 e. The van der Waals surface area contributed by atoms with Gasteiger partial charge in [-0.25, -0.2) is 9.78 Å². The molecule has 0 N–H and O–H groups in total. The van der Waals surface area contributed by atoms with E-state index < -0.39 is 11.2 Å². The molecule has 0 aliphatic carbocycles. The lowest BCUT2D eigenvalue weighted by Crippen LogP contribution is -2.24. The summed E-state index contributed by atoms with van der Waals surface area (Å²) in [6, 6.07) is 10.2. The van der Waals surface area contributed by atoms with Crippen LogP contribution in [-0.4, -0.2) is 27.9 Å². The molecule has 0 fully saturated rings. The van der Waals surface area contributed by atoms with E-state index >= 15 is 0 Å². The summed E-state index contributed by atoms with van der Waals surface area (Å²) in [5.41, 5.74) is 0.414. The van der Waals surface area contributed by atoms with Gasteiger partial charge >= 0.3 is 5.97 Å². The van der Waals surface area contributed by atoms with Crippen molar-refractivity contribution in [3.8, 4) is 6.07 Å². The van der Waals surface area contributed by atoms with E-state index in [4.69, 9.17) is 14.4 Å². The topological polar surface area (TPSA) is 98.1 Å². The third kappa shape index (κ3) is 3.48. The van der Waals surface area contributed by atoms with Crippen LogP contribution in [0.3, 0.4) is 0 Å². The Bertz CT molecular complexity index is 1050. The Morgan fingerprint density at radius 1 is 1.46 bits per heavy atom. The van der Waals surface area contributed by atoms with E-state index in [-0.39, 0.29) is 12.1 Å². The highest BCUT2D eigenvalue weighted by Gasteiger charge is 2.17. The molecule has 2 heterocycles. The number of carbonyl (C=O) groups excluding carboxylic acids is 1. The number of nitriles is 1. The zero-order valence-electron chi connectivity index (χ0n) is 14.1. The average molecular weight is 369 g/mol. The number of methoxy groups -OCH3 is 1. The Kier molecular flexibility index (Phi) is 5.09. The summed E-state index contributed by atoms with van der Waals surface area (Å²) in [7, 11) is 1.29. The number of furan rings is 1. The highest BCUT2D eigenvalue weighted by atomic mass is 32.2. The van der Waals surface area contributed by atoms with E-state index in [1.54, 1.807) is 25.1 Å². The minimum atomic E-state index is -0.506. The third-order valence-electron chi connectivity index (χ3n) is 3.70. The van der Waals surface area contributed by atoms with Crippen LogP contribution in [0.5, 0.6) is 0 Å². The number of thioether (sulfide) groups is 1. The van der Waals surface area contributed by atoms with Crippen LogP contribution in [0.1, 0.15) is 23.0 Å². The van der Waals surface area contributed by atoms with Gasteiger partial charge in [0.25, 0.3) is 5.56 Å². The Morgan fingerprint density at radius 3 is 2.92 bits per heavy atom. The van der Waals surface area contributed by atoms with Gasteiger partial charge in [-0.2, -0.15) is 5.26 Å². The highest BCUT2D eigenvalue weighted by Crippen LogP contribution is 2.23. The predicted octanol–water partition coefficient (Wildman–Crippen LogP) is 2.83. The van der Waals surface area contributed by atoms with Crippen LogP contribution in [0, 0.1) is 11.3 Å². The molecule has 3 rings (SSSR count). The van der Waals surface area contributed by atoms with Crippen LogP contribution in [-0.2, 0) is 11.3 Å². The van der Waals surface area contributed by atoms with Gasteiger partial charge in [0.05, 0.1) is 47.7 Å². The summed E-state index contributed by atoms with van der Waals surface area (Å²) in [5, 5.41) is 9.47. The lowest BCUT2D eigenvalue weighted by molar-refractivity contribution is 0.0601. The summed E-state index contributed by atoms with van der Waals surface area (Å²) in [5.74, 6) is 0.0963. The first kappa shape index (κ1) is 17.8. The highest BCUT2D eigenvalue weighted by molar-refractivity contribution is 8.00. The minimum absolute atomic E-state index is 0.202. The van der Waals surface area contributed by atoms with Crippen molar-refractivity contribution in [1.29, 1.82) is 5.26 Å². The second-order valence-electron chi connectivity index (χ2n) is 5.48. The molecule has 8 heteroatoms. The molecule has 0 saturated heterocycles. The van der Waals surface area contributed by atoms with Gasteiger partial charge in [0.1, 0.15) is 5.76 Å². The van der Waals surface area contributed by atoms with E-state index in [0.29, 0.717) is 27.4 Å².